The molecule has 0 aliphatic carbocycles. The number of benzene rings is 1. The van der Waals surface area contributed by atoms with E-state index in [-0.39, 0.29) is 5.57 Å². The minimum atomic E-state index is -0.406. The van der Waals surface area contributed by atoms with Crippen molar-refractivity contribution in [3.05, 3.63) is 59.8 Å². The lowest BCUT2D eigenvalue weighted by Crippen LogP contribution is -2.24. The van der Waals surface area contributed by atoms with Crippen molar-refractivity contribution in [3.63, 3.8) is 0 Å². The Bertz CT molecular complexity index is 899. The van der Waals surface area contributed by atoms with Gasteiger partial charge in [-0.25, -0.2) is 4.68 Å². The summed E-state index contributed by atoms with van der Waals surface area (Å²) in [6.07, 6.45) is 5.47. The van der Waals surface area contributed by atoms with Crippen LogP contribution in [0.3, 0.4) is 0 Å². The van der Waals surface area contributed by atoms with Crippen molar-refractivity contribution in [2.45, 2.75) is 19.8 Å². The van der Waals surface area contributed by atoms with Gasteiger partial charge >= 0.3 is 0 Å². The molecule has 2 aromatic rings. The maximum absolute atomic E-state index is 12.3. The predicted octanol–water partition coefficient (Wildman–Crippen LogP) is 2.99. The van der Waals surface area contributed by atoms with Gasteiger partial charge in [-0.05, 0) is 38.0 Å². The summed E-state index contributed by atoms with van der Waals surface area (Å²) in [5.74, 6) is 0.525. The molecular weight excluding hydrogens is 338 g/mol. The van der Waals surface area contributed by atoms with Crippen molar-refractivity contribution in [1.82, 2.24) is 15.1 Å². The highest BCUT2D eigenvalue weighted by molar-refractivity contribution is 6.02. The van der Waals surface area contributed by atoms with Crippen LogP contribution in [0.25, 0.3) is 11.8 Å². The van der Waals surface area contributed by atoms with Crippen LogP contribution in [0.5, 0.6) is 0 Å². The van der Waals surface area contributed by atoms with Gasteiger partial charge in [0.05, 0.1) is 11.4 Å². The van der Waals surface area contributed by atoms with Gasteiger partial charge in [-0.2, -0.15) is 10.4 Å². The Hall–Kier alpha value is -3.33. The molecule has 138 valence electrons. The van der Waals surface area contributed by atoms with Gasteiger partial charge in [-0.1, -0.05) is 24.3 Å². The van der Waals surface area contributed by atoms with Crippen molar-refractivity contribution in [1.29, 1.82) is 5.26 Å². The van der Waals surface area contributed by atoms with Crippen LogP contribution in [0.1, 0.15) is 24.1 Å². The summed E-state index contributed by atoms with van der Waals surface area (Å²) >= 11 is 0. The molecule has 1 fully saturated rings. The molecule has 1 aromatic heterocycles. The van der Waals surface area contributed by atoms with E-state index in [0.717, 1.165) is 48.7 Å². The summed E-state index contributed by atoms with van der Waals surface area (Å²) in [4.78, 5) is 14.5. The molecule has 1 aliphatic heterocycles. The Labute approximate surface area is 159 Å². The fourth-order valence-electron chi connectivity index (χ4n) is 3.23. The molecule has 1 aromatic carbocycles. The monoisotopic (exact) mass is 361 g/mol. The zero-order valence-electron chi connectivity index (χ0n) is 15.5. The van der Waals surface area contributed by atoms with Gasteiger partial charge in [-0.15, -0.1) is 6.58 Å². The molecule has 0 unspecified atom stereocenters. The highest BCUT2D eigenvalue weighted by Gasteiger charge is 2.24. The minimum Gasteiger partial charge on any atom is -0.356 e. The lowest BCUT2D eigenvalue weighted by molar-refractivity contribution is -0.116. The maximum Gasteiger partial charge on any atom is 0.262 e. The molecule has 0 spiro atoms. The first-order valence-corrected chi connectivity index (χ1v) is 9.06. The third-order valence-electron chi connectivity index (χ3n) is 4.55. The van der Waals surface area contributed by atoms with E-state index in [1.165, 1.54) is 0 Å². The Morgan fingerprint density at radius 1 is 1.33 bits per heavy atom. The first-order valence-electron chi connectivity index (χ1n) is 9.06. The Balaban J connectivity index is 2.10. The molecule has 0 atom stereocenters. The number of nitrogens with one attached hydrogen (secondary N) is 1. The fourth-order valence-corrected chi connectivity index (χ4v) is 3.23. The molecular formula is C21H23N5O. The Kier molecular flexibility index (Phi) is 5.72. The largest absolute Gasteiger partial charge is 0.356 e. The highest BCUT2D eigenvalue weighted by atomic mass is 16.1. The average molecular weight is 361 g/mol. The van der Waals surface area contributed by atoms with Crippen LogP contribution in [-0.2, 0) is 4.79 Å². The number of aryl methyl sites for hydroxylation is 1. The van der Waals surface area contributed by atoms with Gasteiger partial charge < -0.3 is 10.2 Å². The Morgan fingerprint density at radius 3 is 2.67 bits per heavy atom. The summed E-state index contributed by atoms with van der Waals surface area (Å²) in [5.41, 5.74) is 2.61. The summed E-state index contributed by atoms with van der Waals surface area (Å²) < 4.78 is 1.91. The van der Waals surface area contributed by atoms with E-state index < -0.39 is 5.91 Å². The van der Waals surface area contributed by atoms with E-state index in [4.69, 9.17) is 5.10 Å². The van der Waals surface area contributed by atoms with E-state index in [2.05, 4.69) is 16.8 Å². The third kappa shape index (κ3) is 3.93. The zero-order valence-corrected chi connectivity index (χ0v) is 15.5. The van der Waals surface area contributed by atoms with Crippen molar-refractivity contribution in [2.75, 3.05) is 24.5 Å². The number of hydrogen-bond acceptors (Lipinski definition) is 4. The molecule has 1 saturated heterocycles. The molecule has 6 nitrogen and oxygen atoms in total. The minimum absolute atomic E-state index is 0.0630. The number of amides is 1. The summed E-state index contributed by atoms with van der Waals surface area (Å²) in [6.45, 7) is 7.67. The number of rotatable bonds is 6. The van der Waals surface area contributed by atoms with Crippen LogP contribution in [-0.4, -0.2) is 35.3 Å². The lowest BCUT2D eigenvalue weighted by atomic mass is 10.1. The molecule has 0 bridgehead atoms. The summed E-state index contributed by atoms with van der Waals surface area (Å²) in [5, 5.41) is 16.9. The van der Waals surface area contributed by atoms with Gasteiger partial charge in [0.2, 0.25) is 0 Å². The predicted molar refractivity (Wildman–Crippen MR) is 107 cm³/mol. The number of hydrogen-bond donors (Lipinski definition) is 1. The molecule has 27 heavy (non-hydrogen) atoms. The number of aromatic nitrogens is 2. The summed E-state index contributed by atoms with van der Waals surface area (Å²) in [6, 6.07) is 11.9. The second-order valence-corrected chi connectivity index (χ2v) is 6.43. The first kappa shape index (κ1) is 18.5. The van der Waals surface area contributed by atoms with Crippen LogP contribution in [0.15, 0.2) is 48.6 Å². The topological polar surface area (TPSA) is 74.0 Å². The number of nitriles is 1. The summed E-state index contributed by atoms with van der Waals surface area (Å²) in [7, 11) is 0. The normalized spacial score (nSPS) is 14.1. The van der Waals surface area contributed by atoms with Crippen LogP contribution < -0.4 is 10.2 Å². The quantitative estimate of drug-likeness (QED) is 0.488. The molecule has 6 heteroatoms. The highest BCUT2D eigenvalue weighted by Crippen LogP contribution is 2.31. The number of para-hydroxylation sites is 1. The SMILES string of the molecule is C=CCNC(=O)/C(C#N)=C\c1c(C)nn(-c2ccccc2)c1N1CCCC1. The molecule has 1 aliphatic rings. The standard InChI is InChI=1S/C21H23N5O/c1-3-11-23-20(27)17(15-22)14-19-16(2)24-26(18-9-5-4-6-10-18)21(19)25-12-7-8-13-25/h3-6,9-10,14H,1,7-8,11-13H2,2H3,(H,23,27)/b17-14-. The number of nitrogens with zero attached hydrogens (tertiary/aromatic N) is 4. The van der Waals surface area contributed by atoms with Gasteiger partial charge in [-0.3, -0.25) is 4.79 Å². The average Bonchev–Trinajstić information content (AvgIpc) is 3.32. The lowest BCUT2D eigenvalue weighted by Gasteiger charge is -2.20. The van der Waals surface area contributed by atoms with Crippen LogP contribution >= 0.6 is 0 Å². The van der Waals surface area contributed by atoms with Crippen LogP contribution in [0.2, 0.25) is 0 Å². The second kappa shape index (κ2) is 8.37. The van der Waals surface area contributed by atoms with E-state index in [1.54, 1.807) is 12.2 Å². The van der Waals surface area contributed by atoms with Gasteiger partial charge in [0.15, 0.2) is 0 Å². The van der Waals surface area contributed by atoms with E-state index in [1.807, 2.05) is 48.0 Å². The van der Waals surface area contributed by atoms with E-state index >= 15 is 0 Å². The molecule has 1 amide bonds. The fraction of sp³-hybridized carbons (Fsp3) is 0.286. The number of anilines is 1. The smallest absolute Gasteiger partial charge is 0.262 e. The molecule has 3 rings (SSSR count). The maximum atomic E-state index is 12.3. The second-order valence-electron chi connectivity index (χ2n) is 6.43. The van der Waals surface area contributed by atoms with Crippen LogP contribution in [0, 0.1) is 18.3 Å². The first-order chi connectivity index (χ1) is 13.2. The zero-order chi connectivity index (χ0) is 19.2. The number of carbonyl (C=O) groups is 1. The van der Waals surface area contributed by atoms with Crippen molar-refractivity contribution in [2.24, 2.45) is 0 Å². The van der Waals surface area contributed by atoms with Gasteiger partial charge in [0, 0.05) is 25.2 Å². The van der Waals surface area contributed by atoms with Crippen molar-refractivity contribution >= 4 is 17.8 Å². The molecule has 1 N–H and O–H groups in total. The Morgan fingerprint density at radius 2 is 2.04 bits per heavy atom. The van der Waals surface area contributed by atoms with E-state index in [9.17, 15) is 10.1 Å². The van der Waals surface area contributed by atoms with Crippen molar-refractivity contribution < 1.29 is 4.79 Å². The molecule has 2 heterocycles. The molecule has 0 radical (unpaired) electrons. The molecule has 0 saturated carbocycles. The van der Waals surface area contributed by atoms with Gasteiger partial charge in [0.25, 0.3) is 5.91 Å². The van der Waals surface area contributed by atoms with E-state index in [0.29, 0.717) is 6.54 Å². The van der Waals surface area contributed by atoms with Crippen molar-refractivity contribution in [3.8, 4) is 11.8 Å². The third-order valence-corrected chi connectivity index (χ3v) is 4.55. The number of carbonyl (C=O) groups excluding carboxylic acids is 1. The van der Waals surface area contributed by atoms with Gasteiger partial charge in [0.1, 0.15) is 17.5 Å². The van der Waals surface area contributed by atoms with Crippen LogP contribution in [0.4, 0.5) is 5.82 Å².